The molecule has 0 N–H and O–H groups in total. The van der Waals surface area contributed by atoms with E-state index in [1.54, 1.807) is 0 Å². The summed E-state index contributed by atoms with van der Waals surface area (Å²) in [6.07, 6.45) is -5.27. The lowest BCUT2D eigenvalue weighted by molar-refractivity contribution is -0.854. The van der Waals surface area contributed by atoms with Crippen LogP contribution in [0.4, 0.5) is 87.8 Å². The molecule has 0 saturated heterocycles. The van der Waals surface area contributed by atoms with Crippen molar-refractivity contribution < 1.29 is 97.4 Å². The monoisotopic (exact) mass is 943 g/mol. The van der Waals surface area contributed by atoms with Gasteiger partial charge in [-0.3, -0.25) is 0 Å². The number of aromatic nitrogens is 1. The van der Waals surface area contributed by atoms with Crippen LogP contribution in [0.2, 0.25) is 0 Å². The number of para-hydroxylation sites is 1. The van der Waals surface area contributed by atoms with E-state index in [4.69, 9.17) is 4.84 Å². The van der Waals surface area contributed by atoms with Crippen molar-refractivity contribution >= 4 is 38.9 Å². The van der Waals surface area contributed by atoms with Gasteiger partial charge in [-0.1, -0.05) is 29.8 Å². The number of nitrogens with zero attached hydrogens (tertiary/aromatic N) is 1. The highest BCUT2D eigenvalue weighted by atomic mass is 19.2. The van der Waals surface area contributed by atoms with E-state index < -0.39 is 144 Å². The van der Waals surface area contributed by atoms with Crippen LogP contribution in [-0.4, -0.2) is 6.15 Å². The van der Waals surface area contributed by atoms with Gasteiger partial charge < -0.3 is 0 Å². The van der Waals surface area contributed by atoms with Crippen LogP contribution in [0.5, 0.6) is 5.75 Å². The van der Waals surface area contributed by atoms with E-state index in [0.717, 1.165) is 27.8 Å². The van der Waals surface area contributed by atoms with E-state index in [1.165, 1.54) is 5.56 Å². The Morgan fingerprint density at radius 1 is 0.354 bits per heavy atom. The standard InChI is InChI=1S/C24BF20.C18H18NO/c26-5-1(6(27)14(35)21(42)13(5)34)25(2-7(28)15(36)22(43)16(37)8(2)29,3-9(30)17(38)23(44)18(39)10(3)31)4-11(32)19(40)24(45)20(41)12(4)33;1-13-11-14(2)18(15(3)12-13)20-19-10-6-8-16-7-4-5-9-17(16)19/h;4-12H,1-3H3/q-1;+1. The van der Waals surface area contributed by atoms with Gasteiger partial charge in [0.2, 0.25) is 11.9 Å². The lowest BCUT2D eigenvalue weighted by Gasteiger charge is -2.44. The Hall–Kier alpha value is -6.81. The van der Waals surface area contributed by atoms with Crippen molar-refractivity contribution in [3.8, 4) is 5.75 Å². The molecular formula is C42H18BF20NO. The van der Waals surface area contributed by atoms with Crippen molar-refractivity contribution in [3.63, 3.8) is 0 Å². The highest BCUT2D eigenvalue weighted by Crippen LogP contribution is 2.31. The second-order valence-corrected chi connectivity index (χ2v) is 14.0. The lowest BCUT2D eigenvalue weighted by Crippen LogP contribution is -2.81. The minimum Gasteiger partial charge on any atom is -0.230 e. The molecule has 0 aliphatic carbocycles. The average Bonchev–Trinajstić information content (AvgIpc) is 3.27. The predicted octanol–water partition coefficient (Wildman–Crippen LogP) is 9.74. The van der Waals surface area contributed by atoms with Gasteiger partial charge in [-0.15, -0.1) is 21.9 Å². The molecule has 0 bridgehead atoms. The first kappa shape index (κ1) is 47.7. The maximum Gasteiger partial charge on any atom is 0.265 e. The zero-order valence-corrected chi connectivity index (χ0v) is 32.2. The normalized spacial score (nSPS) is 11.6. The zero-order valence-electron chi connectivity index (χ0n) is 32.2. The van der Waals surface area contributed by atoms with Crippen LogP contribution < -0.4 is 31.4 Å². The van der Waals surface area contributed by atoms with Gasteiger partial charge in [-0.05, 0) is 44.0 Å². The zero-order chi connectivity index (χ0) is 48.5. The molecular weight excluding hydrogens is 925 g/mol. The number of fused-ring (bicyclic) bond motifs is 1. The number of pyridine rings is 1. The predicted molar refractivity (Wildman–Crippen MR) is 190 cm³/mol. The minimum absolute atomic E-state index is 0.928. The van der Waals surface area contributed by atoms with Gasteiger partial charge in [0.25, 0.3) is 5.52 Å². The van der Waals surface area contributed by atoms with Crippen LogP contribution in [0.15, 0.2) is 54.7 Å². The van der Waals surface area contributed by atoms with Crippen molar-refractivity contribution in [1.29, 1.82) is 0 Å². The summed E-state index contributed by atoms with van der Waals surface area (Å²) in [5.41, 5.74) is -9.69. The molecule has 6 aromatic carbocycles. The number of halogens is 20. The Kier molecular flexibility index (Phi) is 12.7. The first-order chi connectivity index (χ1) is 30.3. The van der Waals surface area contributed by atoms with Gasteiger partial charge in [-0.2, -0.15) is 0 Å². The van der Waals surface area contributed by atoms with E-state index in [1.807, 2.05) is 29.1 Å². The number of rotatable bonds is 6. The van der Waals surface area contributed by atoms with E-state index in [2.05, 4.69) is 51.1 Å². The lowest BCUT2D eigenvalue weighted by atomic mass is 9.12. The van der Waals surface area contributed by atoms with Crippen molar-refractivity contribution in [2.45, 2.75) is 20.8 Å². The molecule has 0 amide bonds. The van der Waals surface area contributed by atoms with Crippen LogP contribution in [0.3, 0.4) is 0 Å². The van der Waals surface area contributed by atoms with Gasteiger partial charge in [0.15, 0.2) is 69.8 Å². The van der Waals surface area contributed by atoms with Crippen molar-refractivity contribution in [2.24, 2.45) is 0 Å². The molecule has 340 valence electrons. The second kappa shape index (κ2) is 17.3. The maximum atomic E-state index is 15.4. The van der Waals surface area contributed by atoms with Gasteiger partial charge in [-0.25, -0.2) is 92.6 Å². The van der Waals surface area contributed by atoms with Crippen LogP contribution in [-0.2, 0) is 0 Å². The number of benzene rings is 6. The molecule has 7 aromatic rings. The quantitative estimate of drug-likeness (QED) is 0.0533. The molecule has 0 radical (unpaired) electrons. The largest absolute Gasteiger partial charge is 0.265 e. The van der Waals surface area contributed by atoms with Crippen molar-refractivity contribution in [1.82, 2.24) is 0 Å². The second-order valence-electron chi connectivity index (χ2n) is 14.0. The summed E-state index contributed by atoms with van der Waals surface area (Å²) in [6, 6.07) is 16.6. The van der Waals surface area contributed by atoms with Crippen LogP contribution in [0, 0.1) is 137 Å². The fourth-order valence-corrected chi connectivity index (χ4v) is 7.50. The first-order valence-corrected chi connectivity index (χ1v) is 17.7. The molecule has 0 atom stereocenters. The molecule has 0 fully saturated rings. The Balaban J connectivity index is 0.000000289. The molecule has 1 heterocycles. The molecule has 2 nitrogen and oxygen atoms in total. The summed E-state index contributed by atoms with van der Waals surface area (Å²) in [6.45, 7) is 6.27. The van der Waals surface area contributed by atoms with Gasteiger partial charge in [0.1, 0.15) is 52.7 Å². The topological polar surface area (TPSA) is 13.1 Å². The third-order valence-corrected chi connectivity index (χ3v) is 10.2. The Morgan fingerprint density at radius 2 is 0.615 bits per heavy atom. The summed E-state index contributed by atoms with van der Waals surface area (Å²) < 4.78 is 296. The van der Waals surface area contributed by atoms with Crippen LogP contribution >= 0.6 is 0 Å². The summed E-state index contributed by atoms with van der Waals surface area (Å²) in [4.78, 5) is 6.12. The van der Waals surface area contributed by atoms with E-state index >= 15 is 35.1 Å². The summed E-state index contributed by atoms with van der Waals surface area (Å²) in [5.74, 6) is -70.5. The minimum atomic E-state index is -7.22. The first-order valence-electron chi connectivity index (χ1n) is 17.7. The van der Waals surface area contributed by atoms with Crippen LogP contribution in [0.1, 0.15) is 16.7 Å². The number of hydrogen-bond acceptors (Lipinski definition) is 1. The van der Waals surface area contributed by atoms with Gasteiger partial charge in [0, 0.05) is 16.9 Å². The van der Waals surface area contributed by atoms with E-state index in [9.17, 15) is 52.7 Å². The molecule has 65 heavy (non-hydrogen) atoms. The Morgan fingerprint density at radius 3 is 0.923 bits per heavy atom. The summed E-state index contributed by atoms with van der Waals surface area (Å²) in [7, 11) is 0. The van der Waals surface area contributed by atoms with Crippen molar-refractivity contribution in [2.75, 3.05) is 0 Å². The molecule has 23 heteroatoms. The smallest absolute Gasteiger partial charge is 0.230 e. The molecule has 0 spiro atoms. The molecule has 0 aliphatic rings. The molecule has 0 saturated carbocycles. The summed E-state index contributed by atoms with van der Waals surface area (Å²) >= 11 is 0. The average molecular weight is 943 g/mol. The molecule has 1 aromatic heterocycles. The fourth-order valence-electron chi connectivity index (χ4n) is 7.50. The highest BCUT2D eigenvalue weighted by molar-refractivity contribution is 7.20. The van der Waals surface area contributed by atoms with Crippen LogP contribution in [0.25, 0.3) is 10.9 Å². The number of aryl methyl sites for hydroxylation is 3. The van der Waals surface area contributed by atoms with Gasteiger partial charge >= 0.3 is 0 Å². The number of hydrogen-bond donors (Lipinski definition) is 0. The van der Waals surface area contributed by atoms with Gasteiger partial charge in [0.05, 0.1) is 5.39 Å². The Labute approximate surface area is 350 Å². The third-order valence-electron chi connectivity index (χ3n) is 10.2. The summed E-state index contributed by atoms with van der Waals surface area (Å²) in [5, 5.41) is 1.16. The van der Waals surface area contributed by atoms with E-state index in [0.29, 0.717) is 0 Å². The molecule has 7 rings (SSSR count). The molecule has 0 unspecified atom stereocenters. The fraction of sp³-hybridized carbons (Fsp3) is 0.0714. The molecule has 0 aliphatic heterocycles. The van der Waals surface area contributed by atoms with E-state index in [-0.39, 0.29) is 0 Å². The highest BCUT2D eigenvalue weighted by Gasteiger charge is 2.52. The maximum absolute atomic E-state index is 15.4. The Bertz CT molecular complexity index is 2710. The van der Waals surface area contributed by atoms with Crippen molar-refractivity contribution in [3.05, 3.63) is 188 Å². The SMILES string of the molecule is Cc1cc(C)c(O[n+]2cccc3ccccc32)c(C)c1.Fc1c(F)c(F)c([B-](c2c(F)c(F)c(F)c(F)c2F)(c2c(F)c(F)c(F)c(F)c2F)c2c(F)c(F)c(F)c(F)c2F)c(F)c1F. The third kappa shape index (κ3) is 7.33.